The molecule has 1 saturated carbocycles. The molecule has 35 heavy (non-hydrogen) atoms. The molecular weight excluding hydrogens is 468 g/mol. The third-order valence-electron chi connectivity index (χ3n) is 5.90. The predicted octanol–water partition coefficient (Wildman–Crippen LogP) is 4.19. The first kappa shape index (κ1) is 23.0. The number of ether oxygens (including phenoxy) is 2. The Kier molecular flexibility index (Phi) is 6.45. The van der Waals surface area contributed by atoms with E-state index in [1.54, 1.807) is 12.0 Å². The molecule has 1 fully saturated rings. The zero-order chi connectivity index (χ0) is 24.4. The minimum absolute atomic E-state index is 0.0498. The number of hydrogen-bond acceptors (Lipinski definition) is 8. The van der Waals surface area contributed by atoms with Crippen LogP contribution in [-0.4, -0.2) is 53.1 Å². The number of carbonyl (C=O) groups excluding carboxylic acids is 2. The van der Waals surface area contributed by atoms with Crippen LogP contribution in [0, 0.1) is 0 Å². The summed E-state index contributed by atoms with van der Waals surface area (Å²) in [7, 11) is 2.92. The topological polar surface area (TPSA) is 107 Å². The van der Waals surface area contributed by atoms with Gasteiger partial charge in [-0.1, -0.05) is 54.2 Å². The molecule has 2 amide bonds. The molecular formula is C25H24N4O5S. The Morgan fingerprint density at radius 1 is 1.11 bits per heavy atom. The smallest absolute Gasteiger partial charge is 0.338 e. The molecule has 180 valence electrons. The van der Waals surface area contributed by atoms with Gasteiger partial charge in [0.15, 0.2) is 0 Å². The number of nitrogens with one attached hydrogen (secondary N) is 1. The van der Waals surface area contributed by atoms with Gasteiger partial charge in [0.2, 0.25) is 0 Å². The van der Waals surface area contributed by atoms with E-state index < -0.39 is 12.0 Å². The number of carbonyl (C=O) groups is 2. The lowest BCUT2D eigenvalue weighted by Gasteiger charge is -2.36. The lowest BCUT2D eigenvalue weighted by atomic mass is 9.95. The average Bonchev–Trinajstić information content (AvgIpc) is 3.63. The minimum Gasteiger partial charge on any atom is -0.496 e. The molecule has 1 atom stereocenters. The van der Waals surface area contributed by atoms with E-state index in [0.717, 1.165) is 18.4 Å². The van der Waals surface area contributed by atoms with Gasteiger partial charge in [0.05, 0.1) is 31.4 Å². The lowest BCUT2D eigenvalue weighted by molar-refractivity contribution is -0.136. The van der Waals surface area contributed by atoms with Crippen LogP contribution in [0.4, 0.5) is 4.79 Å². The zero-order valence-corrected chi connectivity index (χ0v) is 20.1. The molecule has 2 aliphatic rings. The quantitative estimate of drug-likeness (QED) is 0.368. The summed E-state index contributed by atoms with van der Waals surface area (Å²) in [6.45, 7) is 0. The molecule has 1 unspecified atom stereocenters. The molecule has 3 aromatic rings. The molecule has 0 bridgehead atoms. The SMILES string of the molecule is COC(=O)C1=C(CSc2nnc(-c3ccccc3OC)o2)N(C2CC2)C(=O)NC1c1ccccc1. The first-order valence-corrected chi connectivity index (χ1v) is 12.1. The fraction of sp³-hybridized carbons (Fsp3) is 0.280. The summed E-state index contributed by atoms with van der Waals surface area (Å²) in [5.41, 5.74) is 2.49. The fourth-order valence-electron chi connectivity index (χ4n) is 4.12. The molecule has 0 spiro atoms. The summed E-state index contributed by atoms with van der Waals surface area (Å²) in [5, 5.41) is 11.6. The van der Waals surface area contributed by atoms with Gasteiger partial charge < -0.3 is 19.2 Å². The summed E-state index contributed by atoms with van der Waals surface area (Å²) < 4.78 is 16.4. The number of amides is 2. The Morgan fingerprint density at radius 3 is 2.57 bits per heavy atom. The van der Waals surface area contributed by atoms with E-state index in [1.165, 1.54) is 18.9 Å². The summed E-state index contributed by atoms with van der Waals surface area (Å²) in [5.74, 6) is 0.749. The molecule has 1 N–H and O–H groups in total. The number of methoxy groups -OCH3 is 2. The van der Waals surface area contributed by atoms with E-state index in [9.17, 15) is 9.59 Å². The van der Waals surface area contributed by atoms with Gasteiger partial charge in [0.25, 0.3) is 11.1 Å². The van der Waals surface area contributed by atoms with Gasteiger partial charge in [0, 0.05) is 17.5 Å². The normalized spacial score (nSPS) is 17.8. The molecule has 10 heteroatoms. The van der Waals surface area contributed by atoms with Crippen molar-refractivity contribution in [2.24, 2.45) is 0 Å². The van der Waals surface area contributed by atoms with E-state index >= 15 is 0 Å². The first-order chi connectivity index (χ1) is 17.1. The van der Waals surface area contributed by atoms with Crippen LogP contribution in [-0.2, 0) is 9.53 Å². The number of urea groups is 1. The van der Waals surface area contributed by atoms with Gasteiger partial charge in [-0.2, -0.15) is 0 Å². The Hall–Kier alpha value is -3.79. The average molecular weight is 493 g/mol. The number of para-hydroxylation sites is 1. The van der Waals surface area contributed by atoms with Crippen LogP contribution < -0.4 is 10.1 Å². The molecule has 1 aliphatic heterocycles. The van der Waals surface area contributed by atoms with E-state index in [2.05, 4.69) is 15.5 Å². The monoisotopic (exact) mass is 492 g/mol. The predicted molar refractivity (Wildman–Crippen MR) is 129 cm³/mol. The van der Waals surface area contributed by atoms with Gasteiger partial charge >= 0.3 is 12.0 Å². The largest absolute Gasteiger partial charge is 0.496 e. The van der Waals surface area contributed by atoms with Gasteiger partial charge in [-0.15, -0.1) is 10.2 Å². The Labute approximate surface area is 206 Å². The number of hydrogen-bond donors (Lipinski definition) is 1. The van der Waals surface area contributed by atoms with Crippen LogP contribution >= 0.6 is 11.8 Å². The lowest BCUT2D eigenvalue weighted by Crippen LogP contribution is -2.50. The summed E-state index contributed by atoms with van der Waals surface area (Å²) in [6.07, 6.45) is 1.76. The molecule has 0 radical (unpaired) electrons. The van der Waals surface area contributed by atoms with Gasteiger partial charge in [-0.25, -0.2) is 9.59 Å². The minimum atomic E-state index is -0.617. The maximum atomic E-state index is 13.2. The van der Waals surface area contributed by atoms with Gasteiger partial charge in [-0.3, -0.25) is 4.90 Å². The molecule has 0 saturated heterocycles. The molecule has 2 heterocycles. The van der Waals surface area contributed by atoms with Crippen LogP contribution in [0.15, 0.2) is 75.5 Å². The number of nitrogens with zero attached hydrogens (tertiary/aromatic N) is 3. The standard InChI is InChI=1S/C25H24N4O5S/c1-32-19-11-7-6-10-17(19)22-27-28-25(34-22)35-14-18-20(23(30)33-2)21(15-8-4-3-5-9-15)26-24(31)29(18)16-12-13-16/h3-11,16,21H,12-14H2,1-2H3,(H,26,31). The van der Waals surface area contributed by atoms with Crippen molar-refractivity contribution < 1.29 is 23.5 Å². The number of rotatable bonds is 8. The van der Waals surface area contributed by atoms with Crippen molar-refractivity contribution in [1.82, 2.24) is 20.4 Å². The van der Waals surface area contributed by atoms with Crippen LogP contribution in [0.5, 0.6) is 5.75 Å². The zero-order valence-electron chi connectivity index (χ0n) is 19.3. The Morgan fingerprint density at radius 2 is 1.86 bits per heavy atom. The number of esters is 1. The van der Waals surface area contributed by atoms with Crippen molar-refractivity contribution >= 4 is 23.8 Å². The van der Waals surface area contributed by atoms with E-state index in [-0.39, 0.29) is 17.8 Å². The second-order valence-electron chi connectivity index (χ2n) is 8.11. The molecule has 5 rings (SSSR count). The van der Waals surface area contributed by atoms with Crippen LogP contribution in [0.3, 0.4) is 0 Å². The van der Waals surface area contributed by atoms with Crippen molar-refractivity contribution in [3.8, 4) is 17.2 Å². The first-order valence-electron chi connectivity index (χ1n) is 11.2. The van der Waals surface area contributed by atoms with Crippen LogP contribution in [0.1, 0.15) is 24.4 Å². The third kappa shape index (κ3) is 4.61. The molecule has 1 aliphatic carbocycles. The van der Waals surface area contributed by atoms with Crippen LogP contribution in [0.25, 0.3) is 11.5 Å². The van der Waals surface area contributed by atoms with Crippen molar-refractivity contribution in [1.29, 1.82) is 0 Å². The highest BCUT2D eigenvalue weighted by molar-refractivity contribution is 7.99. The highest BCUT2D eigenvalue weighted by Crippen LogP contribution is 2.40. The number of aromatic nitrogens is 2. The number of benzene rings is 2. The molecule has 1 aromatic heterocycles. The number of thioether (sulfide) groups is 1. The fourth-order valence-corrected chi connectivity index (χ4v) is 4.91. The van der Waals surface area contributed by atoms with Crippen molar-refractivity contribution in [2.75, 3.05) is 20.0 Å². The van der Waals surface area contributed by atoms with Crippen molar-refractivity contribution in [2.45, 2.75) is 30.1 Å². The highest BCUT2D eigenvalue weighted by Gasteiger charge is 2.44. The van der Waals surface area contributed by atoms with E-state index in [1.807, 2.05) is 54.6 Å². The van der Waals surface area contributed by atoms with E-state index in [4.69, 9.17) is 13.9 Å². The van der Waals surface area contributed by atoms with E-state index in [0.29, 0.717) is 33.7 Å². The van der Waals surface area contributed by atoms with Gasteiger partial charge in [-0.05, 0) is 30.5 Å². The summed E-state index contributed by atoms with van der Waals surface area (Å²) >= 11 is 1.27. The maximum absolute atomic E-state index is 13.2. The van der Waals surface area contributed by atoms with Crippen LogP contribution in [0.2, 0.25) is 0 Å². The molecule has 9 nitrogen and oxygen atoms in total. The summed E-state index contributed by atoms with van der Waals surface area (Å²) in [4.78, 5) is 27.8. The Bertz CT molecular complexity index is 1270. The van der Waals surface area contributed by atoms with Crippen molar-refractivity contribution in [3.63, 3.8) is 0 Å². The summed E-state index contributed by atoms with van der Waals surface area (Å²) in [6, 6.07) is 16.0. The second kappa shape index (κ2) is 9.83. The molecule has 2 aromatic carbocycles. The highest BCUT2D eigenvalue weighted by atomic mass is 32.2. The van der Waals surface area contributed by atoms with Gasteiger partial charge in [0.1, 0.15) is 5.75 Å². The second-order valence-corrected chi connectivity index (χ2v) is 9.03. The van der Waals surface area contributed by atoms with Crippen molar-refractivity contribution in [3.05, 3.63) is 71.4 Å². The maximum Gasteiger partial charge on any atom is 0.338 e. The third-order valence-corrected chi connectivity index (χ3v) is 6.73. The Balaban J connectivity index is 1.48.